The second-order valence-electron chi connectivity index (χ2n) is 3.70. The topological polar surface area (TPSA) is 102 Å². The van der Waals surface area contributed by atoms with Gasteiger partial charge in [-0.1, -0.05) is 0 Å². The number of carbonyl (C=O) groups excluding carboxylic acids is 2. The smallest absolute Gasteiger partial charge is 0.313 e. The molecule has 0 saturated carbocycles. The molecule has 0 fully saturated rings. The highest BCUT2D eigenvalue weighted by Gasteiger charge is 2.13. The van der Waals surface area contributed by atoms with E-state index in [0.717, 1.165) is 0 Å². The first-order chi connectivity index (χ1) is 8.52. The molecule has 0 saturated heterocycles. The van der Waals surface area contributed by atoms with Gasteiger partial charge in [-0.2, -0.15) is 5.26 Å². The number of amides is 2. The zero-order chi connectivity index (χ0) is 13.5. The number of hydrogen-bond acceptors (Lipinski definition) is 4. The lowest BCUT2D eigenvalue weighted by Gasteiger charge is -2.07. The number of hydrogen-bond donors (Lipinski definition) is 3. The molecular formula is C12H13N3O3. The molecule has 0 aliphatic rings. The lowest BCUT2D eigenvalue weighted by atomic mass is 10.2. The number of anilines is 1. The first-order valence-corrected chi connectivity index (χ1v) is 5.30. The van der Waals surface area contributed by atoms with Crippen LogP contribution in [0.1, 0.15) is 12.5 Å². The maximum Gasteiger partial charge on any atom is 0.313 e. The molecule has 0 aliphatic heterocycles. The van der Waals surface area contributed by atoms with Crippen LogP contribution in [0.3, 0.4) is 0 Å². The van der Waals surface area contributed by atoms with Crippen molar-refractivity contribution in [2.75, 3.05) is 11.9 Å². The van der Waals surface area contributed by atoms with Gasteiger partial charge in [-0.25, -0.2) is 0 Å². The van der Waals surface area contributed by atoms with Crippen LogP contribution < -0.4 is 10.6 Å². The fraction of sp³-hybridized carbons (Fsp3) is 0.250. The molecule has 0 aliphatic carbocycles. The third kappa shape index (κ3) is 4.23. The molecule has 6 nitrogen and oxygen atoms in total. The van der Waals surface area contributed by atoms with E-state index in [1.165, 1.54) is 31.2 Å². The van der Waals surface area contributed by atoms with Gasteiger partial charge in [0.1, 0.15) is 0 Å². The maximum absolute atomic E-state index is 11.4. The standard InChI is InChI=1S/C12H13N3O3/c1-8(16)7-14-11(17)12(18)15-10-4-2-9(6-13)3-5-10/h2-5,8,16H,7H2,1H3,(H,14,17)(H,15,18). The lowest BCUT2D eigenvalue weighted by Crippen LogP contribution is -2.38. The van der Waals surface area contributed by atoms with Gasteiger partial charge in [-0.15, -0.1) is 0 Å². The second kappa shape index (κ2) is 6.37. The van der Waals surface area contributed by atoms with Crippen molar-refractivity contribution in [3.05, 3.63) is 29.8 Å². The average Bonchev–Trinajstić information content (AvgIpc) is 2.36. The zero-order valence-corrected chi connectivity index (χ0v) is 9.80. The molecule has 1 aromatic carbocycles. The first-order valence-electron chi connectivity index (χ1n) is 5.30. The highest BCUT2D eigenvalue weighted by Crippen LogP contribution is 2.08. The average molecular weight is 247 g/mol. The van der Waals surface area contributed by atoms with Gasteiger partial charge in [0.2, 0.25) is 0 Å². The summed E-state index contributed by atoms with van der Waals surface area (Å²) in [6, 6.07) is 8.06. The number of nitrogens with zero attached hydrogens (tertiary/aromatic N) is 1. The summed E-state index contributed by atoms with van der Waals surface area (Å²) in [4.78, 5) is 22.7. The monoisotopic (exact) mass is 247 g/mol. The molecule has 3 N–H and O–H groups in total. The fourth-order valence-corrected chi connectivity index (χ4v) is 1.14. The highest BCUT2D eigenvalue weighted by molar-refractivity contribution is 6.39. The van der Waals surface area contributed by atoms with E-state index >= 15 is 0 Å². The summed E-state index contributed by atoms with van der Waals surface area (Å²) in [6.07, 6.45) is -0.711. The Kier molecular flexibility index (Phi) is 4.84. The van der Waals surface area contributed by atoms with Crippen LogP contribution in [0.25, 0.3) is 0 Å². The van der Waals surface area contributed by atoms with E-state index in [1.54, 1.807) is 0 Å². The van der Waals surface area contributed by atoms with Crippen LogP contribution in [-0.4, -0.2) is 29.6 Å². The van der Waals surface area contributed by atoms with Crippen molar-refractivity contribution in [3.8, 4) is 6.07 Å². The molecule has 1 atom stereocenters. The number of nitrogens with one attached hydrogen (secondary N) is 2. The van der Waals surface area contributed by atoms with E-state index in [9.17, 15) is 9.59 Å². The number of nitriles is 1. The quantitative estimate of drug-likeness (QED) is 0.654. The Labute approximate surface area is 104 Å². The Morgan fingerprint density at radius 1 is 1.33 bits per heavy atom. The van der Waals surface area contributed by atoms with Gasteiger partial charge >= 0.3 is 11.8 Å². The fourth-order valence-electron chi connectivity index (χ4n) is 1.14. The van der Waals surface area contributed by atoms with Gasteiger partial charge in [0, 0.05) is 12.2 Å². The van der Waals surface area contributed by atoms with Gasteiger partial charge < -0.3 is 15.7 Å². The summed E-state index contributed by atoms with van der Waals surface area (Å²) in [7, 11) is 0. The normalized spacial score (nSPS) is 11.2. The Hall–Kier alpha value is -2.39. The molecular weight excluding hydrogens is 234 g/mol. The Morgan fingerprint density at radius 3 is 2.44 bits per heavy atom. The van der Waals surface area contributed by atoms with Crippen molar-refractivity contribution in [3.63, 3.8) is 0 Å². The maximum atomic E-state index is 11.4. The van der Waals surface area contributed by atoms with Gasteiger partial charge in [0.25, 0.3) is 0 Å². The van der Waals surface area contributed by atoms with E-state index in [4.69, 9.17) is 10.4 Å². The van der Waals surface area contributed by atoms with Crippen LogP contribution in [0, 0.1) is 11.3 Å². The molecule has 0 heterocycles. The molecule has 18 heavy (non-hydrogen) atoms. The van der Waals surface area contributed by atoms with Crippen molar-refractivity contribution < 1.29 is 14.7 Å². The minimum absolute atomic E-state index is 0.0135. The molecule has 94 valence electrons. The number of aliphatic hydroxyl groups is 1. The predicted molar refractivity (Wildman–Crippen MR) is 64.5 cm³/mol. The summed E-state index contributed by atoms with van der Waals surface area (Å²) < 4.78 is 0. The van der Waals surface area contributed by atoms with Crippen molar-refractivity contribution in [1.29, 1.82) is 5.26 Å². The van der Waals surface area contributed by atoms with Crippen LogP contribution in [0.2, 0.25) is 0 Å². The molecule has 0 bridgehead atoms. The van der Waals surface area contributed by atoms with Crippen LogP contribution in [0.4, 0.5) is 5.69 Å². The highest BCUT2D eigenvalue weighted by atomic mass is 16.3. The summed E-state index contributed by atoms with van der Waals surface area (Å²) in [6.45, 7) is 1.51. The Bertz CT molecular complexity index is 474. The SMILES string of the molecule is CC(O)CNC(=O)C(=O)Nc1ccc(C#N)cc1. The van der Waals surface area contributed by atoms with E-state index in [2.05, 4.69) is 10.6 Å². The van der Waals surface area contributed by atoms with Gasteiger partial charge in [-0.05, 0) is 31.2 Å². The summed E-state index contributed by atoms with van der Waals surface area (Å²) >= 11 is 0. The summed E-state index contributed by atoms with van der Waals surface area (Å²) in [5, 5.41) is 22.2. The van der Waals surface area contributed by atoms with E-state index < -0.39 is 17.9 Å². The van der Waals surface area contributed by atoms with E-state index in [1.807, 2.05) is 6.07 Å². The molecule has 0 aromatic heterocycles. The Balaban J connectivity index is 2.53. The van der Waals surface area contributed by atoms with E-state index in [-0.39, 0.29) is 6.54 Å². The molecule has 1 aromatic rings. The van der Waals surface area contributed by atoms with E-state index in [0.29, 0.717) is 11.3 Å². The largest absolute Gasteiger partial charge is 0.392 e. The molecule has 1 rings (SSSR count). The Morgan fingerprint density at radius 2 is 1.94 bits per heavy atom. The van der Waals surface area contributed by atoms with Crippen LogP contribution >= 0.6 is 0 Å². The first kappa shape index (κ1) is 13.7. The lowest BCUT2D eigenvalue weighted by molar-refractivity contribution is -0.136. The molecule has 0 spiro atoms. The minimum atomic E-state index is -0.819. The van der Waals surface area contributed by atoms with Gasteiger partial charge in [0.05, 0.1) is 17.7 Å². The van der Waals surface area contributed by atoms with Gasteiger partial charge in [-0.3, -0.25) is 9.59 Å². The predicted octanol–water partition coefficient (Wildman–Crippen LogP) is -0.00622. The van der Waals surface area contributed by atoms with Crippen LogP contribution in [0.5, 0.6) is 0 Å². The third-order valence-corrected chi connectivity index (χ3v) is 2.04. The van der Waals surface area contributed by atoms with Crippen LogP contribution in [0.15, 0.2) is 24.3 Å². The molecule has 2 amide bonds. The van der Waals surface area contributed by atoms with Crippen molar-refractivity contribution in [2.24, 2.45) is 0 Å². The molecule has 1 unspecified atom stereocenters. The third-order valence-electron chi connectivity index (χ3n) is 2.04. The van der Waals surface area contributed by atoms with Crippen molar-refractivity contribution in [1.82, 2.24) is 5.32 Å². The number of carbonyl (C=O) groups is 2. The molecule has 0 radical (unpaired) electrons. The summed E-state index contributed by atoms with van der Waals surface area (Å²) in [5.74, 6) is -1.64. The molecule has 6 heteroatoms. The minimum Gasteiger partial charge on any atom is -0.392 e. The zero-order valence-electron chi connectivity index (χ0n) is 9.80. The van der Waals surface area contributed by atoms with Crippen molar-refractivity contribution in [2.45, 2.75) is 13.0 Å². The second-order valence-corrected chi connectivity index (χ2v) is 3.70. The van der Waals surface area contributed by atoms with Crippen molar-refractivity contribution >= 4 is 17.5 Å². The number of rotatable bonds is 3. The van der Waals surface area contributed by atoms with Crippen LogP contribution in [-0.2, 0) is 9.59 Å². The van der Waals surface area contributed by atoms with Gasteiger partial charge in [0.15, 0.2) is 0 Å². The number of aliphatic hydroxyl groups excluding tert-OH is 1. The number of benzene rings is 1. The summed E-state index contributed by atoms with van der Waals surface area (Å²) in [5.41, 5.74) is 0.887.